The highest BCUT2D eigenvalue weighted by Gasteiger charge is 2.16. The molecular formula is C16H26N2O3S. The Morgan fingerprint density at radius 2 is 1.86 bits per heavy atom. The van der Waals surface area contributed by atoms with Crippen LogP contribution in [0.15, 0.2) is 29.2 Å². The summed E-state index contributed by atoms with van der Waals surface area (Å²) in [6, 6.07) is 6.25. The molecule has 0 unspecified atom stereocenters. The van der Waals surface area contributed by atoms with E-state index in [2.05, 4.69) is 10.0 Å². The van der Waals surface area contributed by atoms with E-state index in [4.69, 9.17) is 0 Å². The number of hydrogen-bond donors (Lipinski definition) is 2. The number of rotatable bonds is 9. The van der Waals surface area contributed by atoms with Gasteiger partial charge in [-0.3, -0.25) is 4.79 Å². The molecule has 0 bridgehead atoms. The fraction of sp³-hybridized carbons (Fsp3) is 0.562. The third-order valence-corrected chi connectivity index (χ3v) is 5.01. The lowest BCUT2D eigenvalue weighted by Gasteiger charge is -2.15. The molecule has 2 N–H and O–H groups in total. The van der Waals surface area contributed by atoms with E-state index in [-0.39, 0.29) is 16.8 Å². The highest BCUT2D eigenvalue weighted by molar-refractivity contribution is 7.89. The second-order valence-corrected chi connectivity index (χ2v) is 7.03. The molecule has 0 radical (unpaired) electrons. The number of sulfonamides is 1. The topological polar surface area (TPSA) is 75.3 Å². The molecule has 124 valence electrons. The van der Waals surface area contributed by atoms with Gasteiger partial charge in [0.15, 0.2) is 0 Å². The van der Waals surface area contributed by atoms with Crippen molar-refractivity contribution in [1.82, 2.24) is 10.0 Å². The molecule has 1 amide bonds. The Hall–Kier alpha value is -1.40. The van der Waals surface area contributed by atoms with E-state index < -0.39 is 10.0 Å². The van der Waals surface area contributed by atoms with E-state index in [1.54, 1.807) is 12.1 Å². The van der Waals surface area contributed by atoms with Gasteiger partial charge < -0.3 is 5.32 Å². The summed E-state index contributed by atoms with van der Waals surface area (Å²) in [4.78, 5) is 12.3. The minimum absolute atomic E-state index is 0.107. The summed E-state index contributed by atoms with van der Waals surface area (Å²) in [5, 5.41) is 2.91. The van der Waals surface area contributed by atoms with Gasteiger partial charge >= 0.3 is 0 Å². The molecule has 0 aliphatic heterocycles. The summed E-state index contributed by atoms with van der Waals surface area (Å²) in [6.45, 7) is 6.42. The highest BCUT2D eigenvalue weighted by Crippen LogP contribution is 2.12. The summed E-state index contributed by atoms with van der Waals surface area (Å²) < 4.78 is 26.9. The third-order valence-electron chi connectivity index (χ3n) is 3.55. The SMILES string of the molecule is CCCCNS(=O)(=O)c1cccc(C(=O)NC(CC)CC)c1. The molecule has 0 saturated heterocycles. The van der Waals surface area contributed by atoms with Gasteiger partial charge in [-0.1, -0.05) is 33.3 Å². The molecule has 0 aliphatic rings. The standard InChI is InChI=1S/C16H26N2O3S/c1-4-7-11-17-22(20,21)15-10-8-9-13(12-15)16(19)18-14(5-2)6-3/h8-10,12,14,17H,4-7,11H2,1-3H3,(H,18,19). The molecule has 5 nitrogen and oxygen atoms in total. The number of benzene rings is 1. The first-order chi connectivity index (χ1) is 10.4. The van der Waals surface area contributed by atoms with Crippen molar-refractivity contribution in [2.75, 3.05) is 6.54 Å². The maximum Gasteiger partial charge on any atom is 0.251 e. The largest absolute Gasteiger partial charge is 0.349 e. The van der Waals surface area contributed by atoms with E-state index in [9.17, 15) is 13.2 Å². The summed E-state index contributed by atoms with van der Waals surface area (Å²) in [5.41, 5.74) is 0.366. The number of amides is 1. The van der Waals surface area contributed by atoms with E-state index in [1.807, 2.05) is 20.8 Å². The molecule has 0 heterocycles. The quantitative estimate of drug-likeness (QED) is 0.685. The lowest BCUT2D eigenvalue weighted by atomic mass is 10.1. The molecule has 0 atom stereocenters. The van der Waals surface area contributed by atoms with Gasteiger partial charge in [-0.15, -0.1) is 0 Å². The van der Waals surface area contributed by atoms with Crippen LogP contribution in [0.1, 0.15) is 56.8 Å². The summed E-state index contributed by atoms with van der Waals surface area (Å²) in [6.07, 6.45) is 3.39. The van der Waals surface area contributed by atoms with Crippen molar-refractivity contribution in [3.8, 4) is 0 Å². The van der Waals surface area contributed by atoms with E-state index in [0.717, 1.165) is 25.7 Å². The summed E-state index contributed by atoms with van der Waals surface area (Å²) >= 11 is 0. The maximum atomic E-state index is 12.2. The Kier molecular flexibility index (Phi) is 7.55. The monoisotopic (exact) mass is 326 g/mol. The maximum absolute atomic E-state index is 12.2. The van der Waals surface area contributed by atoms with Gasteiger partial charge in [-0.2, -0.15) is 0 Å². The van der Waals surface area contributed by atoms with Crippen molar-refractivity contribution in [1.29, 1.82) is 0 Å². The molecule has 0 spiro atoms. The zero-order valence-corrected chi connectivity index (χ0v) is 14.4. The Balaban J connectivity index is 2.87. The second-order valence-electron chi connectivity index (χ2n) is 5.27. The van der Waals surface area contributed by atoms with Gasteiger partial charge in [0, 0.05) is 18.2 Å². The van der Waals surface area contributed by atoms with Crippen LogP contribution in [0, 0.1) is 0 Å². The van der Waals surface area contributed by atoms with Crippen LogP contribution in [-0.4, -0.2) is 26.9 Å². The normalized spacial score (nSPS) is 11.6. The van der Waals surface area contributed by atoms with Crippen molar-refractivity contribution >= 4 is 15.9 Å². The van der Waals surface area contributed by atoms with Crippen molar-refractivity contribution in [2.45, 2.75) is 57.4 Å². The minimum Gasteiger partial charge on any atom is -0.349 e. The van der Waals surface area contributed by atoms with Crippen LogP contribution in [0.5, 0.6) is 0 Å². The number of unbranched alkanes of at least 4 members (excludes halogenated alkanes) is 1. The summed E-state index contributed by atoms with van der Waals surface area (Å²) in [7, 11) is -3.56. The predicted molar refractivity (Wildman–Crippen MR) is 88.4 cm³/mol. The zero-order chi connectivity index (χ0) is 16.6. The third kappa shape index (κ3) is 5.42. The highest BCUT2D eigenvalue weighted by atomic mass is 32.2. The van der Waals surface area contributed by atoms with Crippen molar-refractivity contribution in [2.24, 2.45) is 0 Å². The Morgan fingerprint density at radius 3 is 2.45 bits per heavy atom. The van der Waals surface area contributed by atoms with Gasteiger partial charge in [-0.25, -0.2) is 13.1 Å². The Labute approximate surface area is 133 Å². The zero-order valence-electron chi connectivity index (χ0n) is 13.6. The first kappa shape index (κ1) is 18.6. The average molecular weight is 326 g/mol. The van der Waals surface area contributed by atoms with Gasteiger partial charge in [0.1, 0.15) is 0 Å². The molecule has 0 saturated carbocycles. The molecule has 0 aliphatic carbocycles. The lowest BCUT2D eigenvalue weighted by Crippen LogP contribution is -2.34. The van der Waals surface area contributed by atoms with Crippen LogP contribution in [-0.2, 0) is 10.0 Å². The molecule has 1 rings (SSSR count). The molecule has 1 aromatic rings. The number of hydrogen-bond acceptors (Lipinski definition) is 3. The van der Waals surface area contributed by atoms with Gasteiger partial charge in [0.05, 0.1) is 4.90 Å². The molecule has 22 heavy (non-hydrogen) atoms. The Bertz CT molecular complexity index is 581. The number of carbonyl (C=O) groups is 1. The van der Waals surface area contributed by atoms with Crippen LogP contribution in [0.3, 0.4) is 0 Å². The fourth-order valence-electron chi connectivity index (χ4n) is 2.03. The van der Waals surface area contributed by atoms with E-state index >= 15 is 0 Å². The molecular weight excluding hydrogens is 300 g/mol. The lowest BCUT2D eigenvalue weighted by molar-refractivity contribution is 0.0934. The Morgan fingerprint density at radius 1 is 1.18 bits per heavy atom. The predicted octanol–water partition coefficient (Wildman–Crippen LogP) is 2.68. The average Bonchev–Trinajstić information content (AvgIpc) is 2.52. The van der Waals surface area contributed by atoms with Crippen molar-refractivity contribution < 1.29 is 13.2 Å². The number of nitrogens with one attached hydrogen (secondary N) is 2. The van der Waals surface area contributed by atoms with Crippen molar-refractivity contribution in [3.63, 3.8) is 0 Å². The van der Waals surface area contributed by atoms with Crippen molar-refractivity contribution in [3.05, 3.63) is 29.8 Å². The second kappa shape index (κ2) is 8.90. The van der Waals surface area contributed by atoms with Crippen LogP contribution < -0.4 is 10.0 Å². The summed E-state index contributed by atoms with van der Waals surface area (Å²) in [5.74, 6) is -0.237. The first-order valence-corrected chi connectivity index (χ1v) is 9.33. The molecule has 0 aromatic heterocycles. The number of carbonyl (C=O) groups excluding carboxylic acids is 1. The molecule has 1 aromatic carbocycles. The van der Waals surface area contributed by atoms with Crippen LogP contribution in [0.2, 0.25) is 0 Å². The van der Waals surface area contributed by atoms with Crippen LogP contribution in [0.25, 0.3) is 0 Å². The van der Waals surface area contributed by atoms with E-state index in [1.165, 1.54) is 12.1 Å². The molecule has 0 fully saturated rings. The van der Waals surface area contributed by atoms with Gasteiger partial charge in [0.25, 0.3) is 5.91 Å². The first-order valence-electron chi connectivity index (χ1n) is 7.85. The van der Waals surface area contributed by atoms with Gasteiger partial charge in [0.2, 0.25) is 10.0 Å². The van der Waals surface area contributed by atoms with Gasteiger partial charge in [-0.05, 0) is 37.5 Å². The molecule has 6 heteroatoms. The fourth-order valence-corrected chi connectivity index (χ4v) is 3.15. The van der Waals surface area contributed by atoms with E-state index in [0.29, 0.717) is 12.1 Å². The minimum atomic E-state index is -3.56. The van der Waals surface area contributed by atoms with Crippen LogP contribution in [0.4, 0.5) is 0 Å². The smallest absolute Gasteiger partial charge is 0.251 e. The van der Waals surface area contributed by atoms with Crippen LogP contribution >= 0.6 is 0 Å².